The molecule has 17 heavy (non-hydrogen) atoms. The maximum Gasteiger partial charge on any atom is 0.0643 e. The number of nitrogen functional groups attached to an aromatic ring is 1. The Hall–Kier alpha value is -1.67. The first-order chi connectivity index (χ1) is 8.06. The second-order valence-corrected chi connectivity index (χ2v) is 4.59. The minimum absolute atomic E-state index is 0.715. The molecule has 0 aliphatic rings. The van der Waals surface area contributed by atoms with E-state index < -0.39 is 0 Å². The van der Waals surface area contributed by atoms with Gasteiger partial charge in [-0.25, -0.2) is 0 Å². The molecule has 0 atom stereocenters. The summed E-state index contributed by atoms with van der Waals surface area (Å²) in [6, 6.07) is 11.7. The molecule has 0 heterocycles. The van der Waals surface area contributed by atoms with E-state index in [4.69, 9.17) is 17.3 Å². The van der Waals surface area contributed by atoms with Gasteiger partial charge in [0.1, 0.15) is 0 Å². The summed E-state index contributed by atoms with van der Waals surface area (Å²) < 4.78 is 0. The van der Waals surface area contributed by atoms with E-state index in [9.17, 15) is 0 Å². The molecule has 0 aliphatic heterocycles. The summed E-state index contributed by atoms with van der Waals surface area (Å²) in [6.45, 7) is 4.05. The van der Waals surface area contributed by atoms with Crippen LogP contribution in [0.4, 0.5) is 17.1 Å². The average Bonchev–Trinajstić information content (AvgIpc) is 2.27. The highest BCUT2D eigenvalue weighted by atomic mass is 35.5. The molecule has 0 saturated heterocycles. The SMILES string of the molecule is Cc1ccc(Nc2cc(N)ccc2C)c(Cl)c1. The first kappa shape index (κ1) is 11.8. The van der Waals surface area contributed by atoms with Gasteiger partial charge in [-0.05, 0) is 49.2 Å². The summed E-state index contributed by atoms with van der Waals surface area (Å²) >= 11 is 6.18. The Morgan fingerprint density at radius 3 is 2.47 bits per heavy atom. The summed E-state index contributed by atoms with van der Waals surface area (Å²) in [6.07, 6.45) is 0. The van der Waals surface area contributed by atoms with Crippen molar-refractivity contribution >= 4 is 28.7 Å². The van der Waals surface area contributed by atoms with Crippen LogP contribution in [0, 0.1) is 13.8 Å². The molecule has 0 amide bonds. The van der Waals surface area contributed by atoms with Crippen molar-refractivity contribution in [1.29, 1.82) is 0 Å². The zero-order chi connectivity index (χ0) is 12.4. The Morgan fingerprint density at radius 1 is 1.00 bits per heavy atom. The lowest BCUT2D eigenvalue weighted by Crippen LogP contribution is -1.96. The van der Waals surface area contributed by atoms with Gasteiger partial charge in [0.25, 0.3) is 0 Å². The maximum absolute atomic E-state index is 6.18. The van der Waals surface area contributed by atoms with Gasteiger partial charge in [-0.1, -0.05) is 23.7 Å². The topological polar surface area (TPSA) is 38.0 Å². The molecule has 0 spiro atoms. The lowest BCUT2D eigenvalue weighted by Gasteiger charge is -2.12. The summed E-state index contributed by atoms with van der Waals surface area (Å²) in [5, 5.41) is 4.01. The largest absolute Gasteiger partial charge is 0.399 e. The third-order valence-corrected chi connectivity index (χ3v) is 2.97. The Bertz CT molecular complexity index is 550. The van der Waals surface area contributed by atoms with Gasteiger partial charge in [-0.2, -0.15) is 0 Å². The van der Waals surface area contributed by atoms with Gasteiger partial charge in [-0.3, -0.25) is 0 Å². The summed E-state index contributed by atoms with van der Waals surface area (Å²) in [7, 11) is 0. The third kappa shape index (κ3) is 2.71. The number of aryl methyl sites for hydroxylation is 2. The maximum atomic E-state index is 6.18. The molecular weight excluding hydrogens is 232 g/mol. The molecule has 2 nitrogen and oxygen atoms in total. The molecule has 0 aromatic heterocycles. The molecule has 0 bridgehead atoms. The Balaban J connectivity index is 2.34. The van der Waals surface area contributed by atoms with Crippen molar-refractivity contribution in [3.63, 3.8) is 0 Å². The van der Waals surface area contributed by atoms with Gasteiger partial charge in [0.2, 0.25) is 0 Å². The molecule has 3 N–H and O–H groups in total. The molecule has 88 valence electrons. The van der Waals surface area contributed by atoms with E-state index in [0.717, 1.165) is 28.2 Å². The molecule has 3 heteroatoms. The summed E-state index contributed by atoms with van der Waals surface area (Å²) in [5.74, 6) is 0. The molecule has 2 aromatic rings. The van der Waals surface area contributed by atoms with Crippen LogP contribution in [0.15, 0.2) is 36.4 Å². The average molecular weight is 247 g/mol. The highest BCUT2D eigenvalue weighted by Crippen LogP contribution is 2.28. The van der Waals surface area contributed by atoms with Crippen LogP contribution in [0.25, 0.3) is 0 Å². The smallest absolute Gasteiger partial charge is 0.0643 e. The minimum Gasteiger partial charge on any atom is -0.399 e. The van der Waals surface area contributed by atoms with Crippen molar-refractivity contribution in [3.8, 4) is 0 Å². The van der Waals surface area contributed by atoms with Crippen LogP contribution < -0.4 is 11.1 Å². The van der Waals surface area contributed by atoms with E-state index in [-0.39, 0.29) is 0 Å². The second kappa shape index (κ2) is 4.68. The van der Waals surface area contributed by atoms with Crippen molar-refractivity contribution in [2.45, 2.75) is 13.8 Å². The molecule has 2 rings (SSSR count). The number of hydrogen-bond donors (Lipinski definition) is 2. The van der Waals surface area contributed by atoms with Gasteiger partial charge in [0, 0.05) is 11.4 Å². The zero-order valence-electron chi connectivity index (χ0n) is 9.92. The van der Waals surface area contributed by atoms with Crippen molar-refractivity contribution in [3.05, 3.63) is 52.5 Å². The number of halogens is 1. The van der Waals surface area contributed by atoms with Crippen LogP contribution in [0.1, 0.15) is 11.1 Å². The second-order valence-electron chi connectivity index (χ2n) is 4.18. The van der Waals surface area contributed by atoms with E-state index in [1.807, 2.05) is 50.2 Å². The number of benzene rings is 2. The lowest BCUT2D eigenvalue weighted by atomic mass is 10.1. The van der Waals surface area contributed by atoms with Crippen LogP contribution in [0.5, 0.6) is 0 Å². The normalized spacial score (nSPS) is 10.3. The fourth-order valence-corrected chi connectivity index (χ4v) is 1.92. The predicted molar refractivity (Wildman–Crippen MR) is 75.1 cm³/mol. The van der Waals surface area contributed by atoms with Crippen LogP contribution in [0.3, 0.4) is 0 Å². The van der Waals surface area contributed by atoms with E-state index in [0.29, 0.717) is 5.02 Å². The molecule has 0 radical (unpaired) electrons. The monoisotopic (exact) mass is 246 g/mol. The van der Waals surface area contributed by atoms with Crippen LogP contribution in [-0.2, 0) is 0 Å². The fourth-order valence-electron chi connectivity index (χ4n) is 1.64. The number of nitrogens with two attached hydrogens (primary N) is 1. The van der Waals surface area contributed by atoms with Gasteiger partial charge >= 0.3 is 0 Å². The molecule has 0 saturated carbocycles. The highest BCUT2D eigenvalue weighted by Gasteiger charge is 2.03. The first-order valence-corrected chi connectivity index (χ1v) is 5.83. The molecule has 0 unspecified atom stereocenters. The van der Waals surface area contributed by atoms with Gasteiger partial charge in [0.05, 0.1) is 10.7 Å². The van der Waals surface area contributed by atoms with E-state index in [1.54, 1.807) is 0 Å². The summed E-state index contributed by atoms with van der Waals surface area (Å²) in [4.78, 5) is 0. The van der Waals surface area contributed by atoms with Crippen molar-refractivity contribution in [2.24, 2.45) is 0 Å². The predicted octanol–water partition coefficient (Wildman–Crippen LogP) is 4.28. The fraction of sp³-hybridized carbons (Fsp3) is 0.143. The van der Waals surface area contributed by atoms with E-state index in [2.05, 4.69) is 5.32 Å². The van der Waals surface area contributed by atoms with Gasteiger partial charge in [0.15, 0.2) is 0 Å². The van der Waals surface area contributed by atoms with Crippen molar-refractivity contribution in [2.75, 3.05) is 11.1 Å². The standard InChI is InChI=1S/C14H15ClN2/c1-9-3-6-13(12(15)7-9)17-14-8-11(16)5-4-10(14)2/h3-8,17H,16H2,1-2H3. The Kier molecular flexibility index (Phi) is 3.25. The van der Waals surface area contributed by atoms with E-state index >= 15 is 0 Å². The quantitative estimate of drug-likeness (QED) is 0.776. The number of rotatable bonds is 2. The molecule has 2 aromatic carbocycles. The van der Waals surface area contributed by atoms with Crippen LogP contribution >= 0.6 is 11.6 Å². The molecule has 0 fully saturated rings. The van der Waals surface area contributed by atoms with Gasteiger partial charge < -0.3 is 11.1 Å². The Morgan fingerprint density at radius 2 is 1.76 bits per heavy atom. The van der Waals surface area contributed by atoms with Crippen LogP contribution in [0.2, 0.25) is 5.02 Å². The number of nitrogens with one attached hydrogen (secondary N) is 1. The first-order valence-electron chi connectivity index (χ1n) is 5.45. The third-order valence-electron chi connectivity index (χ3n) is 2.66. The Labute approximate surface area is 106 Å². The molecule has 0 aliphatic carbocycles. The summed E-state index contributed by atoms with van der Waals surface area (Å²) in [5.41, 5.74) is 10.7. The van der Waals surface area contributed by atoms with Gasteiger partial charge in [-0.15, -0.1) is 0 Å². The molecular formula is C14H15ClN2. The number of anilines is 3. The zero-order valence-corrected chi connectivity index (χ0v) is 10.7. The lowest BCUT2D eigenvalue weighted by molar-refractivity contribution is 1.41. The van der Waals surface area contributed by atoms with Crippen molar-refractivity contribution < 1.29 is 0 Å². The number of hydrogen-bond acceptors (Lipinski definition) is 2. The van der Waals surface area contributed by atoms with E-state index in [1.165, 1.54) is 0 Å². The highest BCUT2D eigenvalue weighted by molar-refractivity contribution is 6.33. The minimum atomic E-state index is 0.715. The van der Waals surface area contributed by atoms with Crippen LogP contribution in [-0.4, -0.2) is 0 Å². The van der Waals surface area contributed by atoms with Crippen molar-refractivity contribution in [1.82, 2.24) is 0 Å².